The van der Waals surface area contributed by atoms with Gasteiger partial charge in [-0.25, -0.2) is 4.98 Å². The summed E-state index contributed by atoms with van der Waals surface area (Å²) in [6.07, 6.45) is 0. The molecule has 0 bridgehead atoms. The quantitative estimate of drug-likeness (QED) is 0.245. The lowest BCUT2D eigenvalue weighted by molar-refractivity contribution is -0.115. The summed E-state index contributed by atoms with van der Waals surface area (Å²) >= 11 is 6.36. The molecule has 0 radical (unpaired) electrons. The maximum Gasteiger partial charge on any atom is 0.256 e. The Bertz CT molecular complexity index is 1380. The lowest BCUT2D eigenvalue weighted by Crippen LogP contribution is -2.23. The lowest BCUT2D eigenvalue weighted by Gasteiger charge is -2.15. The Balaban J connectivity index is 1.45. The van der Waals surface area contributed by atoms with Gasteiger partial charge in [-0.15, -0.1) is 11.3 Å². The number of anilines is 2. The molecule has 174 valence electrons. The highest BCUT2D eigenvalue weighted by Crippen LogP contribution is 2.34. The van der Waals surface area contributed by atoms with Crippen molar-refractivity contribution in [2.75, 3.05) is 10.6 Å². The molecule has 1 atom stereocenters. The smallest absolute Gasteiger partial charge is 0.256 e. The molecule has 0 aliphatic rings. The molecule has 0 spiro atoms. The zero-order valence-electron chi connectivity index (χ0n) is 19.2. The molecular formula is C26H24BrN3O2S2. The van der Waals surface area contributed by atoms with Gasteiger partial charge < -0.3 is 10.6 Å². The van der Waals surface area contributed by atoms with Crippen molar-refractivity contribution in [1.82, 2.24) is 4.98 Å². The second-order valence-corrected chi connectivity index (χ2v) is 11.6. The fourth-order valence-electron chi connectivity index (χ4n) is 3.68. The first-order chi connectivity index (χ1) is 16.2. The SMILES string of the molecule is Cc1cc(C)c(NC(=O)C(C)Sc2nc3ccc(NC(=O)c4ccccc4Br)cc3s2)c(C)c1. The number of carbonyl (C=O) groups excluding carboxylic acids is 2. The van der Waals surface area contributed by atoms with Crippen molar-refractivity contribution in [3.8, 4) is 0 Å². The van der Waals surface area contributed by atoms with E-state index in [1.165, 1.54) is 28.7 Å². The zero-order valence-corrected chi connectivity index (χ0v) is 22.5. The van der Waals surface area contributed by atoms with Gasteiger partial charge >= 0.3 is 0 Å². The molecule has 1 unspecified atom stereocenters. The number of benzene rings is 3. The van der Waals surface area contributed by atoms with Gasteiger partial charge in [0.1, 0.15) is 0 Å². The number of rotatable bonds is 6. The average Bonchev–Trinajstić information content (AvgIpc) is 3.17. The first-order valence-corrected chi connectivity index (χ1v) is 13.2. The molecule has 0 fully saturated rings. The highest BCUT2D eigenvalue weighted by molar-refractivity contribution is 9.10. The van der Waals surface area contributed by atoms with E-state index in [9.17, 15) is 9.59 Å². The first-order valence-electron chi connectivity index (χ1n) is 10.7. The lowest BCUT2D eigenvalue weighted by atomic mass is 10.1. The van der Waals surface area contributed by atoms with Crippen LogP contribution in [0.25, 0.3) is 10.2 Å². The number of hydrogen-bond acceptors (Lipinski definition) is 5. The van der Waals surface area contributed by atoms with Crippen molar-refractivity contribution in [3.63, 3.8) is 0 Å². The number of carbonyl (C=O) groups is 2. The van der Waals surface area contributed by atoms with Gasteiger partial charge in [0.15, 0.2) is 4.34 Å². The van der Waals surface area contributed by atoms with E-state index in [1.807, 2.05) is 57.2 Å². The van der Waals surface area contributed by atoms with Gasteiger partial charge in [0, 0.05) is 15.8 Å². The Morgan fingerprint density at radius 1 is 1.00 bits per heavy atom. The number of nitrogens with zero attached hydrogens (tertiary/aromatic N) is 1. The Labute approximate surface area is 215 Å². The van der Waals surface area contributed by atoms with Crippen LogP contribution in [0.15, 0.2) is 63.4 Å². The van der Waals surface area contributed by atoms with E-state index in [1.54, 1.807) is 6.07 Å². The number of aryl methyl sites for hydroxylation is 3. The van der Waals surface area contributed by atoms with Gasteiger partial charge in [-0.1, -0.05) is 41.6 Å². The predicted octanol–water partition coefficient (Wildman–Crippen LogP) is 7.36. The number of amides is 2. The van der Waals surface area contributed by atoms with Crippen LogP contribution in [0.3, 0.4) is 0 Å². The molecule has 1 heterocycles. The van der Waals surface area contributed by atoms with Crippen molar-refractivity contribution in [2.45, 2.75) is 37.3 Å². The Morgan fingerprint density at radius 2 is 1.71 bits per heavy atom. The van der Waals surface area contributed by atoms with Crippen molar-refractivity contribution >= 4 is 72.4 Å². The van der Waals surface area contributed by atoms with E-state index in [4.69, 9.17) is 0 Å². The van der Waals surface area contributed by atoms with Crippen LogP contribution >= 0.6 is 39.0 Å². The summed E-state index contributed by atoms with van der Waals surface area (Å²) in [4.78, 5) is 30.1. The molecule has 8 heteroatoms. The molecular weight excluding hydrogens is 530 g/mol. The molecule has 3 aromatic carbocycles. The zero-order chi connectivity index (χ0) is 24.4. The van der Waals surface area contributed by atoms with E-state index in [0.717, 1.165) is 35.8 Å². The normalized spacial score (nSPS) is 11.9. The maximum atomic E-state index is 12.9. The fraction of sp³-hybridized carbons (Fsp3) is 0.192. The monoisotopic (exact) mass is 553 g/mol. The van der Waals surface area contributed by atoms with Crippen molar-refractivity contribution in [1.29, 1.82) is 0 Å². The minimum atomic E-state index is -0.310. The number of thiazole rings is 1. The number of aromatic nitrogens is 1. The van der Waals surface area contributed by atoms with Gasteiger partial charge in [0.05, 0.1) is 21.0 Å². The average molecular weight is 555 g/mol. The fourth-order valence-corrected chi connectivity index (χ4v) is 6.40. The van der Waals surface area contributed by atoms with Gasteiger partial charge in [-0.3, -0.25) is 9.59 Å². The summed E-state index contributed by atoms with van der Waals surface area (Å²) < 4.78 is 2.50. The molecule has 2 N–H and O–H groups in total. The van der Waals surface area contributed by atoms with Gasteiger partial charge in [0.25, 0.3) is 5.91 Å². The summed E-state index contributed by atoms with van der Waals surface area (Å²) in [7, 11) is 0. The van der Waals surface area contributed by atoms with Crippen LogP contribution < -0.4 is 10.6 Å². The van der Waals surface area contributed by atoms with Crippen LogP contribution in [-0.4, -0.2) is 22.0 Å². The second kappa shape index (κ2) is 10.3. The van der Waals surface area contributed by atoms with Crippen LogP contribution in [0, 0.1) is 20.8 Å². The minimum Gasteiger partial charge on any atom is -0.325 e. The molecule has 4 aromatic rings. The van der Waals surface area contributed by atoms with Crippen LogP contribution in [0.1, 0.15) is 34.0 Å². The highest BCUT2D eigenvalue weighted by atomic mass is 79.9. The van der Waals surface area contributed by atoms with Crippen LogP contribution in [0.5, 0.6) is 0 Å². The largest absolute Gasteiger partial charge is 0.325 e. The Morgan fingerprint density at radius 3 is 2.41 bits per heavy atom. The predicted molar refractivity (Wildman–Crippen MR) is 146 cm³/mol. The Kier molecular flexibility index (Phi) is 7.40. The second-order valence-electron chi connectivity index (χ2n) is 8.12. The molecule has 34 heavy (non-hydrogen) atoms. The summed E-state index contributed by atoms with van der Waals surface area (Å²) in [6, 6.07) is 17.1. The van der Waals surface area contributed by atoms with Gasteiger partial charge in [-0.05, 0) is 85.1 Å². The molecule has 2 amide bonds. The molecule has 4 rings (SSSR count). The Hall–Kier alpha value is -2.68. The summed E-state index contributed by atoms with van der Waals surface area (Å²) in [5, 5.41) is 5.71. The van der Waals surface area contributed by atoms with Crippen molar-refractivity contribution in [3.05, 3.63) is 81.3 Å². The highest BCUT2D eigenvalue weighted by Gasteiger charge is 2.19. The third-order valence-corrected chi connectivity index (χ3v) is 8.22. The summed E-state index contributed by atoms with van der Waals surface area (Å²) in [5.74, 6) is -0.237. The third-order valence-electron chi connectivity index (χ3n) is 5.32. The van der Waals surface area contributed by atoms with Crippen LogP contribution in [-0.2, 0) is 4.79 Å². The number of hydrogen-bond donors (Lipinski definition) is 2. The van der Waals surface area contributed by atoms with Crippen LogP contribution in [0.2, 0.25) is 0 Å². The molecule has 0 aliphatic carbocycles. The van der Waals surface area contributed by atoms with Gasteiger partial charge in [-0.2, -0.15) is 0 Å². The standard InChI is InChI=1S/C26H24BrN3O2S2/c1-14-11-15(2)23(16(3)12-14)30-24(31)17(4)33-26-29-21-10-9-18(13-22(21)34-26)28-25(32)19-7-5-6-8-20(19)27/h5-13,17H,1-4H3,(H,28,32)(H,30,31). The number of fused-ring (bicyclic) bond motifs is 1. The molecule has 1 aromatic heterocycles. The number of nitrogens with one attached hydrogen (secondary N) is 2. The minimum absolute atomic E-state index is 0.0549. The first kappa shape index (κ1) is 24.4. The topological polar surface area (TPSA) is 71.1 Å². The van der Waals surface area contributed by atoms with Crippen molar-refractivity contribution in [2.24, 2.45) is 0 Å². The van der Waals surface area contributed by atoms with E-state index in [0.29, 0.717) is 11.3 Å². The summed E-state index contributed by atoms with van der Waals surface area (Å²) in [6.45, 7) is 7.95. The van der Waals surface area contributed by atoms with E-state index in [2.05, 4.69) is 50.6 Å². The van der Waals surface area contributed by atoms with Gasteiger partial charge in [0.2, 0.25) is 5.91 Å². The molecule has 5 nitrogen and oxygen atoms in total. The maximum absolute atomic E-state index is 12.9. The molecule has 0 saturated carbocycles. The van der Waals surface area contributed by atoms with E-state index < -0.39 is 0 Å². The van der Waals surface area contributed by atoms with E-state index >= 15 is 0 Å². The van der Waals surface area contributed by atoms with E-state index in [-0.39, 0.29) is 17.1 Å². The van der Waals surface area contributed by atoms with Crippen LogP contribution in [0.4, 0.5) is 11.4 Å². The number of halogens is 1. The third kappa shape index (κ3) is 5.51. The molecule has 0 saturated heterocycles. The summed E-state index contributed by atoms with van der Waals surface area (Å²) in [5.41, 5.74) is 6.27. The molecule has 0 aliphatic heterocycles. The number of thioether (sulfide) groups is 1. The van der Waals surface area contributed by atoms with Crippen molar-refractivity contribution < 1.29 is 9.59 Å².